The highest BCUT2D eigenvalue weighted by Gasteiger charge is 2.30. The average Bonchev–Trinajstić information content (AvgIpc) is 3.09. The van der Waals surface area contributed by atoms with Crippen LogP contribution in [0.3, 0.4) is 0 Å². The van der Waals surface area contributed by atoms with Crippen LogP contribution in [0.15, 0.2) is 17.3 Å². The van der Waals surface area contributed by atoms with Gasteiger partial charge in [-0.2, -0.15) is 23.5 Å². The molecule has 14 heteroatoms. The molecule has 2 N–H and O–H groups in total. The highest BCUT2D eigenvalue weighted by molar-refractivity contribution is 7.90. The van der Waals surface area contributed by atoms with Crippen molar-refractivity contribution < 1.29 is 32.2 Å². The van der Waals surface area contributed by atoms with E-state index in [9.17, 15) is 18.0 Å². The summed E-state index contributed by atoms with van der Waals surface area (Å²) in [6.07, 6.45) is 2.47. The van der Waals surface area contributed by atoms with Crippen LogP contribution in [0.2, 0.25) is 0 Å². The number of carbonyl (C=O) groups excluding carboxylic acids is 2. The second-order valence-corrected chi connectivity index (χ2v) is 7.41. The number of anilines is 1. The van der Waals surface area contributed by atoms with Gasteiger partial charge in [-0.1, -0.05) is 13.3 Å². The molecule has 2 heterocycles. The minimum atomic E-state index is -4.49. The van der Waals surface area contributed by atoms with E-state index in [1.807, 2.05) is 6.92 Å². The van der Waals surface area contributed by atoms with Gasteiger partial charge in [0.2, 0.25) is 17.7 Å². The van der Waals surface area contributed by atoms with Gasteiger partial charge < -0.3 is 14.2 Å². The topological polar surface area (TPSA) is 164 Å². The lowest BCUT2D eigenvalue weighted by Crippen LogP contribution is -2.36. The van der Waals surface area contributed by atoms with Crippen LogP contribution in [0.5, 0.6) is 11.8 Å². The molecule has 30 heavy (non-hydrogen) atoms. The molecular weight excluding hydrogens is 420 g/mol. The highest BCUT2D eigenvalue weighted by atomic mass is 32.2. The van der Waals surface area contributed by atoms with Crippen molar-refractivity contribution in [3.63, 3.8) is 0 Å². The number of hydrogen-bond acceptors (Lipinski definition) is 10. The predicted octanol–water partition coefficient (Wildman–Crippen LogP) is 0.695. The Morgan fingerprint density at radius 2 is 1.80 bits per heavy atom. The van der Waals surface area contributed by atoms with Crippen molar-refractivity contribution >= 4 is 28.0 Å². The lowest BCUT2D eigenvalue weighted by molar-refractivity contribution is 0.0494. The van der Waals surface area contributed by atoms with Crippen LogP contribution in [-0.2, 0) is 21.8 Å². The number of aromatic nitrogens is 4. The zero-order valence-electron chi connectivity index (χ0n) is 16.8. The van der Waals surface area contributed by atoms with Gasteiger partial charge in [0.25, 0.3) is 10.0 Å². The Kier molecular flexibility index (Phi) is 7.52. The summed E-state index contributed by atoms with van der Waals surface area (Å²) in [5, 5.41) is 5.41. The van der Waals surface area contributed by atoms with E-state index in [-0.39, 0.29) is 29.9 Å². The summed E-state index contributed by atoms with van der Waals surface area (Å²) >= 11 is 0. The molecule has 0 saturated carbocycles. The molecule has 0 saturated heterocycles. The lowest BCUT2D eigenvalue weighted by Gasteiger charge is -2.11. The van der Waals surface area contributed by atoms with Crippen LogP contribution in [-0.4, -0.2) is 61.0 Å². The first kappa shape index (κ1) is 22.9. The number of ether oxygens (including phenoxy) is 3. The molecule has 0 bridgehead atoms. The summed E-state index contributed by atoms with van der Waals surface area (Å²) in [7, 11) is -0.481. The van der Waals surface area contributed by atoms with Crippen molar-refractivity contribution in [3.8, 4) is 11.8 Å². The SMILES string of the molecule is CCCCOC(=O)c1cnn(C)c1S(=O)(=O)NC(=O)Nc1nc(OC)cc(OC)n1. The molecule has 0 spiro atoms. The molecule has 0 aliphatic carbocycles. The number of rotatable bonds is 9. The lowest BCUT2D eigenvalue weighted by atomic mass is 10.3. The standard InChI is InChI=1S/C16H22N6O7S/c1-5-6-7-29-14(23)10-9-17-22(2)13(10)30(25,26)21-16(24)20-15-18-11(27-3)8-12(19-15)28-4/h8-9H,5-7H2,1-4H3,(H2,18,19,20,21,24). The Morgan fingerprint density at radius 3 is 2.37 bits per heavy atom. The van der Waals surface area contributed by atoms with Crippen molar-refractivity contribution in [3.05, 3.63) is 17.8 Å². The van der Waals surface area contributed by atoms with Crippen molar-refractivity contribution in [2.45, 2.75) is 24.8 Å². The molecule has 0 radical (unpaired) electrons. The molecule has 2 aromatic rings. The Hall–Kier alpha value is -3.42. The highest BCUT2D eigenvalue weighted by Crippen LogP contribution is 2.18. The van der Waals surface area contributed by atoms with Gasteiger partial charge in [-0.3, -0.25) is 10.00 Å². The number of urea groups is 1. The summed E-state index contributed by atoms with van der Waals surface area (Å²) in [5.41, 5.74) is -0.298. The second-order valence-electron chi connectivity index (χ2n) is 5.81. The van der Waals surface area contributed by atoms with Gasteiger partial charge in [0.05, 0.1) is 33.1 Å². The first-order chi connectivity index (χ1) is 14.2. The van der Waals surface area contributed by atoms with E-state index in [0.29, 0.717) is 6.42 Å². The van der Waals surface area contributed by atoms with Crippen LogP contribution < -0.4 is 19.5 Å². The molecule has 0 unspecified atom stereocenters. The van der Waals surface area contributed by atoms with Gasteiger partial charge in [0.1, 0.15) is 5.56 Å². The molecule has 0 aliphatic rings. The Labute approximate surface area is 172 Å². The molecule has 2 amide bonds. The maximum Gasteiger partial charge on any atom is 0.342 e. The molecule has 164 valence electrons. The summed E-state index contributed by atoms with van der Waals surface area (Å²) in [5.74, 6) is -0.950. The van der Waals surface area contributed by atoms with E-state index >= 15 is 0 Å². The first-order valence-corrected chi connectivity index (χ1v) is 10.2. The number of methoxy groups -OCH3 is 2. The molecule has 2 rings (SSSR count). The third-order valence-corrected chi connectivity index (χ3v) is 5.09. The zero-order chi connectivity index (χ0) is 22.3. The summed E-state index contributed by atoms with van der Waals surface area (Å²) in [4.78, 5) is 32.2. The fraction of sp³-hybridized carbons (Fsp3) is 0.438. The second kappa shape index (κ2) is 9.87. The third kappa shape index (κ3) is 5.56. The average molecular weight is 442 g/mol. The molecular formula is C16H22N6O7S. The molecule has 0 fully saturated rings. The van der Waals surface area contributed by atoms with Gasteiger partial charge in [-0.15, -0.1) is 0 Å². The van der Waals surface area contributed by atoms with E-state index in [0.717, 1.165) is 17.3 Å². The minimum absolute atomic E-state index is 0.0868. The summed E-state index contributed by atoms with van der Waals surface area (Å²) in [6.45, 7) is 2.05. The van der Waals surface area contributed by atoms with Crippen molar-refractivity contribution in [2.75, 3.05) is 26.1 Å². The van der Waals surface area contributed by atoms with Crippen molar-refractivity contribution in [1.29, 1.82) is 0 Å². The quantitative estimate of drug-likeness (QED) is 0.417. The van der Waals surface area contributed by atoms with E-state index in [1.54, 1.807) is 4.72 Å². The third-order valence-electron chi connectivity index (χ3n) is 3.64. The Morgan fingerprint density at radius 1 is 1.17 bits per heavy atom. The van der Waals surface area contributed by atoms with Crippen LogP contribution in [0.25, 0.3) is 0 Å². The molecule has 0 aliphatic heterocycles. The maximum absolute atomic E-state index is 12.7. The van der Waals surface area contributed by atoms with Crippen LogP contribution in [0.4, 0.5) is 10.7 Å². The number of sulfonamides is 1. The monoisotopic (exact) mass is 442 g/mol. The van der Waals surface area contributed by atoms with Crippen LogP contribution in [0.1, 0.15) is 30.1 Å². The number of aryl methyl sites for hydroxylation is 1. The fourth-order valence-electron chi connectivity index (χ4n) is 2.24. The van der Waals surface area contributed by atoms with Gasteiger partial charge in [-0.05, 0) is 6.42 Å². The molecule has 13 nitrogen and oxygen atoms in total. The number of hydrogen-bond donors (Lipinski definition) is 2. The Bertz CT molecular complexity index is 999. The Balaban J connectivity index is 2.20. The smallest absolute Gasteiger partial charge is 0.342 e. The van der Waals surface area contributed by atoms with Crippen molar-refractivity contribution in [2.24, 2.45) is 7.05 Å². The summed E-state index contributed by atoms with van der Waals surface area (Å²) in [6, 6.07) is 0.197. The first-order valence-electron chi connectivity index (χ1n) is 8.71. The van der Waals surface area contributed by atoms with Crippen molar-refractivity contribution in [1.82, 2.24) is 24.5 Å². The van der Waals surface area contributed by atoms with E-state index in [2.05, 4.69) is 20.4 Å². The minimum Gasteiger partial charge on any atom is -0.481 e. The van der Waals surface area contributed by atoms with Gasteiger partial charge in [0.15, 0.2) is 5.03 Å². The zero-order valence-corrected chi connectivity index (χ0v) is 17.6. The van der Waals surface area contributed by atoms with Crippen LogP contribution in [0, 0.1) is 0 Å². The molecule has 0 atom stereocenters. The van der Waals surface area contributed by atoms with Gasteiger partial charge in [0, 0.05) is 7.05 Å². The van der Waals surface area contributed by atoms with E-state index in [1.165, 1.54) is 27.3 Å². The molecule has 0 aromatic carbocycles. The number of nitrogens with one attached hydrogen (secondary N) is 2. The number of carbonyl (C=O) groups is 2. The van der Waals surface area contributed by atoms with Crippen LogP contribution >= 0.6 is 0 Å². The van der Waals surface area contributed by atoms with E-state index < -0.39 is 27.0 Å². The number of nitrogens with zero attached hydrogens (tertiary/aromatic N) is 4. The number of amides is 2. The summed E-state index contributed by atoms with van der Waals surface area (Å²) < 4.78 is 43.0. The maximum atomic E-state index is 12.7. The molecule has 2 aromatic heterocycles. The number of unbranched alkanes of at least 4 members (excludes halogenated alkanes) is 1. The largest absolute Gasteiger partial charge is 0.481 e. The van der Waals surface area contributed by atoms with Gasteiger partial charge in [-0.25, -0.2) is 14.3 Å². The predicted molar refractivity (Wildman–Crippen MR) is 103 cm³/mol. The number of esters is 1. The van der Waals surface area contributed by atoms with Gasteiger partial charge >= 0.3 is 12.0 Å². The fourth-order valence-corrected chi connectivity index (χ4v) is 3.45. The normalized spacial score (nSPS) is 10.9. The van der Waals surface area contributed by atoms with E-state index in [4.69, 9.17) is 14.2 Å².